The Bertz CT molecular complexity index is 459. The van der Waals surface area contributed by atoms with E-state index in [4.69, 9.17) is 0 Å². The molecule has 0 aromatic heterocycles. The lowest BCUT2D eigenvalue weighted by atomic mass is 10.1. The van der Waals surface area contributed by atoms with Gasteiger partial charge in [-0.1, -0.05) is 43.7 Å². The number of hydrazine groups is 1. The first kappa shape index (κ1) is 14.9. The molecule has 1 aliphatic rings. The molecule has 0 spiro atoms. The van der Waals surface area contributed by atoms with Gasteiger partial charge in [-0.25, -0.2) is 5.01 Å². The van der Waals surface area contributed by atoms with Crippen LogP contribution < -0.4 is 5.43 Å². The fourth-order valence-corrected chi connectivity index (χ4v) is 2.83. The predicted octanol–water partition coefficient (Wildman–Crippen LogP) is 3.31. The van der Waals surface area contributed by atoms with E-state index in [0.717, 1.165) is 36.0 Å². The van der Waals surface area contributed by atoms with Crippen molar-refractivity contribution in [2.45, 2.75) is 32.6 Å². The lowest BCUT2D eigenvalue weighted by Crippen LogP contribution is -2.32. The largest absolute Gasteiger partial charge is 0.290 e. The third-order valence-corrected chi connectivity index (χ3v) is 4.12. The number of amides is 1. The summed E-state index contributed by atoms with van der Waals surface area (Å²) in [5, 5.41) is 2.19. The molecule has 5 heteroatoms. The van der Waals surface area contributed by atoms with Gasteiger partial charge in [0.05, 0.1) is 12.2 Å². The molecule has 0 aliphatic carbocycles. The van der Waals surface area contributed by atoms with E-state index in [-0.39, 0.29) is 0 Å². The van der Waals surface area contributed by atoms with Crippen LogP contribution in [0.25, 0.3) is 0 Å². The Balaban J connectivity index is 1.90. The molecule has 0 fully saturated rings. The fraction of sp³-hybridized carbons (Fsp3) is 0.467. The first-order valence-corrected chi connectivity index (χ1v) is 8.09. The zero-order chi connectivity index (χ0) is 14.2. The monoisotopic (exact) mass is 291 g/mol. The minimum atomic E-state index is 0.743. The Hall–Kier alpha value is -1.49. The summed E-state index contributed by atoms with van der Waals surface area (Å²) in [5.41, 5.74) is 5.33. The van der Waals surface area contributed by atoms with Crippen LogP contribution in [0, 0.1) is 0 Å². The van der Waals surface area contributed by atoms with Gasteiger partial charge in [-0.3, -0.25) is 15.2 Å². The molecule has 1 N–H and O–H groups in total. The second-order valence-electron chi connectivity index (χ2n) is 4.75. The van der Waals surface area contributed by atoms with Crippen molar-refractivity contribution in [1.29, 1.82) is 0 Å². The van der Waals surface area contributed by atoms with Crippen LogP contribution in [0.2, 0.25) is 0 Å². The summed E-state index contributed by atoms with van der Waals surface area (Å²) in [5.74, 6) is 0.942. The summed E-state index contributed by atoms with van der Waals surface area (Å²) in [6.07, 6.45) is 5.64. The second-order valence-corrected chi connectivity index (χ2v) is 5.82. The van der Waals surface area contributed by atoms with Crippen molar-refractivity contribution in [3.63, 3.8) is 0 Å². The van der Waals surface area contributed by atoms with E-state index in [0.29, 0.717) is 0 Å². The van der Waals surface area contributed by atoms with Crippen LogP contribution in [0.15, 0.2) is 29.3 Å². The van der Waals surface area contributed by atoms with E-state index in [9.17, 15) is 4.79 Å². The highest BCUT2D eigenvalue weighted by Crippen LogP contribution is 2.17. The molecule has 1 aromatic rings. The molecule has 0 unspecified atom stereocenters. The summed E-state index contributed by atoms with van der Waals surface area (Å²) in [6.45, 7) is 2.99. The van der Waals surface area contributed by atoms with Gasteiger partial charge in [0.25, 0.3) is 0 Å². The number of nitrogens with one attached hydrogen (secondary N) is 1. The van der Waals surface area contributed by atoms with Gasteiger partial charge in [-0.05, 0) is 30.5 Å². The molecule has 2 rings (SSSR count). The van der Waals surface area contributed by atoms with E-state index >= 15 is 0 Å². The summed E-state index contributed by atoms with van der Waals surface area (Å²) < 4.78 is 0. The standard InChI is InChI=1S/C15H21N3OS/c1-2-3-4-5-13-6-8-14(9-7-13)17-18(12-19)15-16-10-11-20-15/h6-9,12,17H,2-5,10-11H2,1H3. The minimum Gasteiger partial charge on any atom is -0.290 e. The zero-order valence-electron chi connectivity index (χ0n) is 11.8. The topological polar surface area (TPSA) is 44.7 Å². The van der Waals surface area contributed by atoms with Crippen LogP contribution in [0.4, 0.5) is 5.69 Å². The number of amidine groups is 1. The number of hydrogen-bond donors (Lipinski definition) is 1. The van der Waals surface area contributed by atoms with Crippen LogP contribution in [0.1, 0.15) is 31.7 Å². The lowest BCUT2D eigenvalue weighted by molar-refractivity contribution is -0.113. The van der Waals surface area contributed by atoms with Crippen LogP contribution >= 0.6 is 11.8 Å². The maximum Gasteiger partial charge on any atom is 0.234 e. The second kappa shape index (κ2) is 7.94. The van der Waals surface area contributed by atoms with Gasteiger partial charge in [0.1, 0.15) is 0 Å². The fourth-order valence-electron chi connectivity index (χ4n) is 2.05. The first-order valence-electron chi connectivity index (χ1n) is 7.11. The third kappa shape index (κ3) is 4.27. The summed E-state index contributed by atoms with van der Waals surface area (Å²) >= 11 is 1.59. The summed E-state index contributed by atoms with van der Waals surface area (Å²) in [6, 6.07) is 8.26. The number of rotatable bonds is 7. The molecule has 1 aliphatic heterocycles. The number of thioether (sulfide) groups is 1. The van der Waals surface area contributed by atoms with Gasteiger partial charge in [0, 0.05) is 5.75 Å². The first-order chi connectivity index (χ1) is 9.83. The number of hydrogen-bond acceptors (Lipinski definition) is 4. The van der Waals surface area contributed by atoms with Crippen molar-refractivity contribution in [3.05, 3.63) is 29.8 Å². The Labute approximate surface area is 124 Å². The highest BCUT2D eigenvalue weighted by molar-refractivity contribution is 8.14. The van der Waals surface area contributed by atoms with Gasteiger partial charge in [-0.2, -0.15) is 0 Å². The molecule has 4 nitrogen and oxygen atoms in total. The molecule has 108 valence electrons. The smallest absolute Gasteiger partial charge is 0.234 e. The number of carbonyl (C=O) groups excluding carboxylic acids is 1. The maximum absolute atomic E-state index is 11.1. The highest BCUT2D eigenvalue weighted by atomic mass is 32.2. The minimum absolute atomic E-state index is 0.743. The van der Waals surface area contributed by atoms with Crippen LogP contribution in [0.5, 0.6) is 0 Å². The molecule has 0 saturated heterocycles. The molecule has 0 saturated carbocycles. The molecular formula is C15H21N3OS. The average molecular weight is 291 g/mol. The molecule has 1 amide bonds. The Morgan fingerprint density at radius 3 is 2.75 bits per heavy atom. The molecular weight excluding hydrogens is 270 g/mol. The van der Waals surface area contributed by atoms with E-state index < -0.39 is 0 Å². The zero-order valence-corrected chi connectivity index (χ0v) is 12.7. The molecule has 0 bridgehead atoms. The van der Waals surface area contributed by atoms with Crippen LogP contribution in [0.3, 0.4) is 0 Å². The number of aliphatic imine (C=N–C) groups is 1. The van der Waals surface area contributed by atoms with E-state index in [2.05, 4.69) is 29.5 Å². The van der Waals surface area contributed by atoms with Gasteiger partial charge >= 0.3 is 0 Å². The molecule has 0 radical (unpaired) electrons. The SMILES string of the molecule is CCCCCc1ccc(NN(C=O)C2=NCCS2)cc1. The van der Waals surface area contributed by atoms with Crippen molar-refractivity contribution >= 4 is 29.0 Å². The number of aryl methyl sites for hydroxylation is 1. The van der Waals surface area contributed by atoms with Gasteiger partial charge < -0.3 is 0 Å². The number of anilines is 1. The van der Waals surface area contributed by atoms with Crippen molar-refractivity contribution < 1.29 is 4.79 Å². The van der Waals surface area contributed by atoms with E-state index in [1.165, 1.54) is 29.8 Å². The van der Waals surface area contributed by atoms with E-state index in [1.54, 1.807) is 11.8 Å². The van der Waals surface area contributed by atoms with E-state index in [1.807, 2.05) is 12.1 Å². The summed E-state index contributed by atoms with van der Waals surface area (Å²) in [4.78, 5) is 15.4. The van der Waals surface area contributed by atoms with Gasteiger partial charge in [0.15, 0.2) is 5.17 Å². The number of nitrogens with zero attached hydrogens (tertiary/aromatic N) is 2. The van der Waals surface area contributed by atoms with Crippen molar-refractivity contribution in [3.8, 4) is 0 Å². The van der Waals surface area contributed by atoms with Crippen molar-refractivity contribution in [2.24, 2.45) is 4.99 Å². The van der Waals surface area contributed by atoms with Crippen LogP contribution in [-0.2, 0) is 11.2 Å². The molecule has 0 atom stereocenters. The third-order valence-electron chi connectivity index (χ3n) is 3.15. The number of benzene rings is 1. The van der Waals surface area contributed by atoms with Gasteiger partial charge in [0.2, 0.25) is 6.41 Å². The lowest BCUT2D eigenvalue weighted by Gasteiger charge is -2.18. The highest BCUT2D eigenvalue weighted by Gasteiger charge is 2.15. The Morgan fingerprint density at radius 1 is 1.35 bits per heavy atom. The molecule has 20 heavy (non-hydrogen) atoms. The van der Waals surface area contributed by atoms with Crippen molar-refractivity contribution in [2.75, 3.05) is 17.7 Å². The normalized spacial score (nSPS) is 13.9. The van der Waals surface area contributed by atoms with Crippen LogP contribution in [-0.4, -0.2) is 28.9 Å². The molecule has 1 aromatic carbocycles. The maximum atomic E-state index is 11.1. The predicted molar refractivity (Wildman–Crippen MR) is 86.0 cm³/mol. The number of unbranched alkanes of at least 4 members (excludes halogenated alkanes) is 2. The molecule has 1 heterocycles. The Kier molecular flexibility index (Phi) is 5.92. The average Bonchev–Trinajstić information content (AvgIpc) is 3.00. The summed E-state index contributed by atoms with van der Waals surface area (Å²) in [7, 11) is 0. The Morgan fingerprint density at radius 2 is 2.15 bits per heavy atom. The number of carbonyl (C=O) groups is 1. The van der Waals surface area contributed by atoms with Gasteiger partial charge in [-0.15, -0.1) is 0 Å². The quantitative estimate of drug-likeness (QED) is 0.476. The van der Waals surface area contributed by atoms with Crippen molar-refractivity contribution in [1.82, 2.24) is 5.01 Å².